The number of piperidine rings is 1. The van der Waals surface area contributed by atoms with Crippen LogP contribution in [-0.4, -0.2) is 30.1 Å². The van der Waals surface area contributed by atoms with Crippen molar-refractivity contribution in [2.24, 2.45) is 5.73 Å². The van der Waals surface area contributed by atoms with E-state index < -0.39 is 0 Å². The summed E-state index contributed by atoms with van der Waals surface area (Å²) in [4.78, 5) is 14.3. The molecule has 1 fully saturated rings. The maximum atomic E-state index is 12.0. The molecule has 4 heteroatoms. The van der Waals surface area contributed by atoms with E-state index in [0.717, 1.165) is 37.9 Å². The van der Waals surface area contributed by atoms with Crippen molar-refractivity contribution < 1.29 is 9.53 Å². The molecular weight excluding hydrogens is 252 g/mol. The van der Waals surface area contributed by atoms with Crippen LogP contribution >= 0.6 is 0 Å². The summed E-state index contributed by atoms with van der Waals surface area (Å²) in [5, 5.41) is 0. The van der Waals surface area contributed by atoms with Crippen LogP contribution in [0.1, 0.15) is 37.3 Å². The van der Waals surface area contributed by atoms with Crippen LogP contribution in [0.15, 0.2) is 24.3 Å². The van der Waals surface area contributed by atoms with Crippen LogP contribution in [0.3, 0.4) is 0 Å². The molecule has 20 heavy (non-hydrogen) atoms. The van der Waals surface area contributed by atoms with Gasteiger partial charge in [0, 0.05) is 13.1 Å². The van der Waals surface area contributed by atoms with Crippen LogP contribution in [0.25, 0.3) is 0 Å². The molecule has 1 heterocycles. The molecular formula is C16H24N2O2. The monoisotopic (exact) mass is 276 g/mol. The summed E-state index contributed by atoms with van der Waals surface area (Å²) in [6.07, 6.45) is 3.14. The van der Waals surface area contributed by atoms with Crippen molar-refractivity contribution in [2.45, 2.75) is 45.3 Å². The van der Waals surface area contributed by atoms with E-state index >= 15 is 0 Å². The molecule has 1 atom stereocenters. The topological polar surface area (TPSA) is 55.6 Å². The highest BCUT2D eigenvalue weighted by Gasteiger charge is 2.29. The molecule has 2 rings (SSSR count). The Labute approximate surface area is 120 Å². The Morgan fingerprint density at radius 1 is 1.40 bits per heavy atom. The molecule has 1 aliphatic rings. The average molecular weight is 276 g/mol. The van der Waals surface area contributed by atoms with E-state index in [1.165, 1.54) is 5.56 Å². The normalized spacial score (nSPS) is 19.8. The summed E-state index contributed by atoms with van der Waals surface area (Å²) < 4.78 is 5.19. The Morgan fingerprint density at radius 2 is 2.20 bits per heavy atom. The van der Waals surface area contributed by atoms with Crippen LogP contribution in [0.5, 0.6) is 0 Å². The van der Waals surface area contributed by atoms with Crippen molar-refractivity contribution in [2.75, 3.05) is 13.2 Å². The van der Waals surface area contributed by atoms with Gasteiger partial charge in [-0.05, 0) is 37.4 Å². The van der Waals surface area contributed by atoms with Gasteiger partial charge in [0.05, 0.1) is 6.61 Å². The molecule has 0 aliphatic carbocycles. The first-order chi connectivity index (χ1) is 9.74. The van der Waals surface area contributed by atoms with E-state index in [0.29, 0.717) is 13.2 Å². The van der Waals surface area contributed by atoms with Gasteiger partial charge < -0.3 is 10.5 Å². The lowest BCUT2D eigenvalue weighted by Gasteiger charge is -2.34. The van der Waals surface area contributed by atoms with Gasteiger partial charge in [0.1, 0.15) is 6.04 Å². The van der Waals surface area contributed by atoms with Crippen molar-refractivity contribution in [3.8, 4) is 0 Å². The number of carbonyl (C=O) groups excluding carboxylic acids is 1. The largest absolute Gasteiger partial charge is 0.465 e. The van der Waals surface area contributed by atoms with Crippen LogP contribution < -0.4 is 5.73 Å². The van der Waals surface area contributed by atoms with Gasteiger partial charge in [-0.1, -0.05) is 30.7 Å². The smallest absolute Gasteiger partial charge is 0.323 e. The van der Waals surface area contributed by atoms with Crippen molar-refractivity contribution in [1.29, 1.82) is 0 Å². The Bertz CT molecular complexity index is 448. The molecule has 0 radical (unpaired) electrons. The maximum absolute atomic E-state index is 12.0. The van der Waals surface area contributed by atoms with Crippen molar-refractivity contribution in [3.05, 3.63) is 35.4 Å². The third kappa shape index (κ3) is 3.81. The Morgan fingerprint density at radius 3 is 2.95 bits per heavy atom. The van der Waals surface area contributed by atoms with E-state index in [9.17, 15) is 4.79 Å². The van der Waals surface area contributed by atoms with Crippen LogP contribution in [-0.2, 0) is 22.6 Å². The van der Waals surface area contributed by atoms with Crippen LogP contribution in [0, 0.1) is 0 Å². The fraction of sp³-hybridized carbons (Fsp3) is 0.562. The zero-order valence-electron chi connectivity index (χ0n) is 12.2. The molecule has 1 aliphatic heterocycles. The van der Waals surface area contributed by atoms with Crippen molar-refractivity contribution >= 4 is 5.97 Å². The van der Waals surface area contributed by atoms with Gasteiger partial charge >= 0.3 is 5.97 Å². The fourth-order valence-corrected chi connectivity index (χ4v) is 2.78. The standard InChI is InChI=1S/C16H24N2O2/c1-2-20-16(19)15-8-3-4-9-18(15)12-14-7-5-6-13(10-14)11-17/h5-7,10,15H,2-4,8-9,11-12,17H2,1H3. The Kier molecular flexibility index (Phi) is 5.56. The molecule has 0 saturated carbocycles. The van der Waals surface area contributed by atoms with Gasteiger partial charge in [-0.15, -0.1) is 0 Å². The zero-order chi connectivity index (χ0) is 14.4. The first kappa shape index (κ1) is 15.0. The van der Waals surface area contributed by atoms with Crippen molar-refractivity contribution in [3.63, 3.8) is 0 Å². The number of rotatable bonds is 5. The first-order valence-electron chi connectivity index (χ1n) is 7.43. The molecule has 0 aromatic heterocycles. The molecule has 1 saturated heterocycles. The van der Waals surface area contributed by atoms with E-state index in [4.69, 9.17) is 10.5 Å². The number of nitrogens with two attached hydrogens (primary N) is 1. The molecule has 4 nitrogen and oxygen atoms in total. The Balaban J connectivity index is 2.06. The van der Waals surface area contributed by atoms with Gasteiger partial charge in [0.25, 0.3) is 0 Å². The number of benzene rings is 1. The molecule has 1 aromatic carbocycles. The van der Waals surface area contributed by atoms with E-state index in [-0.39, 0.29) is 12.0 Å². The Hall–Kier alpha value is -1.39. The summed E-state index contributed by atoms with van der Waals surface area (Å²) in [5.41, 5.74) is 8.02. The van der Waals surface area contributed by atoms with E-state index in [2.05, 4.69) is 17.0 Å². The number of likely N-dealkylation sites (tertiary alicyclic amines) is 1. The van der Waals surface area contributed by atoms with Crippen molar-refractivity contribution in [1.82, 2.24) is 4.90 Å². The maximum Gasteiger partial charge on any atom is 0.323 e. The quantitative estimate of drug-likeness (QED) is 0.836. The molecule has 110 valence electrons. The number of hydrogen-bond acceptors (Lipinski definition) is 4. The lowest BCUT2D eigenvalue weighted by Crippen LogP contribution is -2.44. The third-order valence-corrected chi connectivity index (χ3v) is 3.79. The summed E-state index contributed by atoms with van der Waals surface area (Å²) in [7, 11) is 0. The highest BCUT2D eigenvalue weighted by atomic mass is 16.5. The summed E-state index contributed by atoms with van der Waals surface area (Å²) in [6.45, 7) is 4.60. The highest BCUT2D eigenvalue weighted by Crippen LogP contribution is 2.21. The fourth-order valence-electron chi connectivity index (χ4n) is 2.78. The molecule has 1 aromatic rings. The van der Waals surface area contributed by atoms with Gasteiger partial charge in [0.15, 0.2) is 0 Å². The van der Waals surface area contributed by atoms with Gasteiger partial charge in [-0.25, -0.2) is 0 Å². The lowest BCUT2D eigenvalue weighted by molar-refractivity contribution is -0.151. The van der Waals surface area contributed by atoms with Gasteiger partial charge in [-0.3, -0.25) is 9.69 Å². The van der Waals surface area contributed by atoms with Crippen LogP contribution in [0.4, 0.5) is 0 Å². The molecule has 0 bridgehead atoms. The minimum absolute atomic E-state index is 0.0813. The molecule has 2 N–H and O–H groups in total. The summed E-state index contributed by atoms with van der Waals surface area (Å²) in [5.74, 6) is -0.0813. The van der Waals surface area contributed by atoms with Crippen LogP contribution in [0.2, 0.25) is 0 Å². The van der Waals surface area contributed by atoms with E-state index in [1.807, 2.05) is 19.1 Å². The second kappa shape index (κ2) is 7.41. The predicted octanol–water partition coefficient (Wildman–Crippen LogP) is 2.06. The minimum atomic E-state index is -0.0924. The lowest BCUT2D eigenvalue weighted by atomic mass is 10.0. The molecule has 0 spiro atoms. The number of carbonyl (C=O) groups is 1. The van der Waals surface area contributed by atoms with Gasteiger partial charge in [0.2, 0.25) is 0 Å². The number of nitrogens with zero attached hydrogens (tertiary/aromatic N) is 1. The predicted molar refractivity (Wildman–Crippen MR) is 79.0 cm³/mol. The molecule has 1 unspecified atom stereocenters. The summed E-state index contributed by atoms with van der Waals surface area (Å²) >= 11 is 0. The highest BCUT2D eigenvalue weighted by molar-refractivity contribution is 5.75. The SMILES string of the molecule is CCOC(=O)C1CCCCN1Cc1cccc(CN)c1. The third-order valence-electron chi connectivity index (χ3n) is 3.79. The van der Waals surface area contributed by atoms with Gasteiger partial charge in [-0.2, -0.15) is 0 Å². The summed E-state index contributed by atoms with van der Waals surface area (Å²) in [6, 6.07) is 8.18. The average Bonchev–Trinajstić information content (AvgIpc) is 2.48. The molecule has 0 amide bonds. The number of esters is 1. The second-order valence-corrected chi connectivity index (χ2v) is 5.26. The minimum Gasteiger partial charge on any atom is -0.465 e. The number of hydrogen-bond donors (Lipinski definition) is 1. The zero-order valence-corrected chi connectivity index (χ0v) is 12.2. The van der Waals surface area contributed by atoms with E-state index in [1.54, 1.807) is 0 Å². The number of ether oxygens (including phenoxy) is 1. The second-order valence-electron chi connectivity index (χ2n) is 5.26. The first-order valence-corrected chi connectivity index (χ1v) is 7.43.